The average molecular weight is 339 g/mol. The van der Waals surface area contributed by atoms with Crippen LogP contribution < -0.4 is 5.32 Å². The predicted octanol–water partition coefficient (Wildman–Crippen LogP) is 2.07. The van der Waals surface area contributed by atoms with Crippen LogP contribution in [0.2, 0.25) is 0 Å². The molecule has 4 rings (SSSR count). The third kappa shape index (κ3) is 3.44. The summed E-state index contributed by atoms with van der Waals surface area (Å²) in [5.41, 5.74) is 1.01. The minimum Gasteiger partial charge on any atom is -0.341 e. The molecule has 1 N–H and O–H groups in total. The lowest BCUT2D eigenvalue weighted by atomic mass is 10.1. The molecule has 2 aliphatic heterocycles. The van der Waals surface area contributed by atoms with Gasteiger partial charge < -0.3 is 9.47 Å². The lowest BCUT2D eigenvalue weighted by Gasteiger charge is -2.24. The van der Waals surface area contributed by atoms with Gasteiger partial charge in [-0.2, -0.15) is 0 Å². The molecule has 1 unspecified atom stereocenters. The zero-order valence-electron chi connectivity index (χ0n) is 14.5. The van der Waals surface area contributed by atoms with E-state index in [1.54, 1.807) is 0 Å². The Bertz CT molecular complexity index is 721. The molecule has 1 fully saturated rings. The summed E-state index contributed by atoms with van der Waals surface area (Å²) in [6.45, 7) is 3.27. The molecule has 25 heavy (non-hydrogen) atoms. The highest BCUT2D eigenvalue weighted by atomic mass is 16.2. The van der Waals surface area contributed by atoms with Crippen molar-refractivity contribution in [1.29, 1.82) is 0 Å². The van der Waals surface area contributed by atoms with E-state index in [2.05, 4.69) is 20.1 Å². The van der Waals surface area contributed by atoms with E-state index in [1.807, 2.05) is 35.2 Å². The Hall–Kier alpha value is -2.21. The fourth-order valence-electron chi connectivity index (χ4n) is 3.81. The summed E-state index contributed by atoms with van der Waals surface area (Å²) in [4.78, 5) is 15.0. The second-order valence-electron chi connectivity index (χ2n) is 6.90. The minimum absolute atomic E-state index is 0.169. The van der Waals surface area contributed by atoms with Crippen molar-refractivity contribution in [2.45, 2.75) is 51.2 Å². The molecule has 0 radical (unpaired) electrons. The predicted molar refractivity (Wildman–Crippen MR) is 94.8 cm³/mol. The van der Waals surface area contributed by atoms with Gasteiger partial charge in [0, 0.05) is 26.1 Å². The number of hydrogen-bond donors (Lipinski definition) is 1. The number of hydrogen-bond acceptors (Lipinski definition) is 4. The molecule has 2 aromatic rings. The van der Waals surface area contributed by atoms with Gasteiger partial charge >= 0.3 is 0 Å². The van der Waals surface area contributed by atoms with E-state index < -0.39 is 0 Å². The van der Waals surface area contributed by atoms with Gasteiger partial charge in [-0.05, 0) is 31.2 Å². The van der Waals surface area contributed by atoms with Gasteiger partial charge in [0.15, 0.2) is 0 Å². The van der Waals surface area contributed by atoms with E-state index in [9.17, 15) is 4.79 Å². The molecule has 1 aromatic heterocycles. The summed E-state index contributed by atoms with van der Waals surface area (Å²) in [7, 11) is 0. The molecule has 1 amide bonds. The quantitative estimate of drug-likeness (QED) is 0.906. The highest BCUT2D eigenvalue weighted by Gasteiger charge is 2.28. The van der Waals surface area contributed by atoms with Gasteiger partial charge in [0.2, 0.25) is 5.91 Å². The molecular formula is C19H25N5O. The number of nitrogens with one attached hydrogen (secondary N) is 1. The van der Waals surface area contributed by atoms with Crippen molar-refractivity contribution in [3.05, 3.63) is 47.5 Å². The highest BCUT2D eigenvalue weighted by molar-refractivity contribution is 5.83. The molecule has 2 aliphatic rings. The number of nitrogens with zero attached hydrogens (tertiary/aromatic N) is 4. The van der Waals surface area contributed by atoms with Gasteiger partial charge in [0.25, 0.3) is 0 Å². The first-order valence-electron chi connectivity index (χ1n) is 9.31. The number of rotatable bonds is 5. The minimum atomic E-state index is -0.323. The van der Waals surface area contributed by atoms with Crippen LogP contribution in [-0.2, 0) is 24.3 Å². The standard InChI is InChI=1S/C19H25N5O/c25-19(23-11-6-7-12-23)18(15-8-2-1-3-9-15)20-14-17-22-21-16-10-4-5-13-24(16)17/h1-3,8-9,18,20H,4-7,10-14H2. The summed E-state index contributed by atoms with van der Waals surface area (Å²) >= 11 is 0. The van der Waals surface area contributed by atoms with Crippen molar-refractivity contribution in [2.75, 3.05) is 13.1 Å². The third-order valence-corrected chi connectivity index (χ3v) is 5.20. The maximum atomic E-state index is 13.0. The van der Waals surface area contributed by atoms with E-state index in [4.69, 9.17) is 0 Å². The van der Waals surface area contributed by atoms with E-state index >= 15 is 0 Å². The molecule has 0 bridgehead atoms. The molecule has 1 saturated heterocycles. The van der Waals surface area contributed by atoms with Gasteiger partial charge in [-0.25, -0.2) is 0 Å². The second-order valence-corrected chi connectivity index (χ2v) is 6.90. The number of carbonyl (C=O) groups excluding carboxylic acids is 1. The van der Waals surface area contributed by atoms with Crippen LogP contribution >= 0.6 is 0 Å². The summed E-state index contributed by atoms with van der Waals surface area (Å²) < 4.78 is 2.21. The maximum Gasteiger partial charge on any atom is 0.244 e. The van der Waals surface area contributed by atoms with Crippen molar-refractivity contribution in [2.24, 2.45) is 0 Å². The number of aromatic nitrogens is 3. The summed E-state index contributed by atoms with van der Waals surface area (Å²) in [6.07, 6.45) is 5.57. The number of aryl methyl sites for hydroxylation is 1. The first-order valence-corrected chi connectivity index (χ1v) is 9.31. The Morgan fingerprint density at radius 3 is 2.60 bits per heavy atom. The first kappa shape index (κ1) is 16.3. The molecule has 1 aromatic carbocycles. The van der Waals surface area contributed by atoms with Gasteiger partial charge in [0.1, 0.15) is 17.7 Å². The molecule has 6 heteroatoms. The van der Waals surface area contributed by atoms with Crippen LogP contribution in [0.25, 0.3) is 0 Å². The highest BCUT2D eigenvalue weighted by Crippen LogP contribution is 2.20. The number of carbonyl (C=O) groups is 1. The van der Waals surface area contributed by atoms with Gasteiger partial charge in [-0.1, -0.05) is 30.3 Å². The fourth-order valence-corrected chi connectivity index (χ4v) is 3.81. The average Bonchev–Trinajstić information content (AvgIpc) is 3.33. The lowest BCUT2D eigenvalue weighted by Crippen LogP contribution is -2.39. The van der Waals surface area contributed by atoms with Gasteiger partial charge in [-0.15, -0.1) is 10.2 Å². The SMILES string of the molecule is O=C(C(NCc1nnc2n1CCCC2)c1ccccc1)N1CCCC1. The number of fused-ring (bicyclic) bond motifs is 1. The van der Waals surface area contributed by atoms with Crippen molar-refractivity contribution >= 4 is 5.91 Å². The molecule has 0 aliphatic carbocycles. The van der Waals surface area contributed by atoms with Crippen molar-refractivity contribution in [3.63, 3.8) is 0 Å². The molecule has 1 atom stereocenters. The zero-order chi connectivity index (χ0) is 17.1. The van der Waals surface area contributed by atoms with Crippen LogP contribution in [0.5, 0.6) is 0 Å². The monoisotopic (exact) mass is 339 g/mol. The van der Waals surface area contributed by atoms with Crippen LogP contribution in [0.3, 0.4) is 0 Å². The Balaban J connectivity index is 1.52. The van der Waals surface area contributed by atoms with Gasteiger partial charge in [-0.3, -0.25) is 10.1 Å². The normalized spacial score (nSPS) is 18.2. The largest absolute Gasteiger partial charge is 0.341 e. The molecule has 3 heterocycles. The van der Waals surface area contributed by atoms with E-state index in [1.165, 1.54) is 12.8 Å². The summed E-state index contributed by atoms with van der Waals surface area (Å²) in [6, 6.07) is 9.67. The number of amides is 1. The Labute approximate surface area is 148 Å². The third-order valence-electron chi connectivity index (χ3n) is 5.20. The maximum absolute atomic E-state index is 13.0. The van der Waals surface area contributed by atoms with Gasteiger partial charge in [0.05, 0.1) is 6.54 Å². The number of likely N-dealkylation sites (tertiary alicyclic amines) is 1. The van der Waals surface area contributed by atoms with Crippen molar-refractivity contribution in [3.8, 4) is 0 Å². The molecule has 0 spiro atoms. The summed E-state index contributed by atoms with van der Waals surface area (Å²) in [5.74, 6) is 2.18. The number of benzene rings is 1. The van der Waals surface area contributed by atoms with E-state index in [-0.39, 0.29) is 11.9 Å². The van der Waals surface area contributed by atoms with Crippen molar-refractivity contribution < 1.29 is 4.79 Å². The zero-order valence-corrected chi connectivity index (χ0v) is 14.5. The molecule has 0 saturated carbocycles. The second kappa shape index (κ2) is 7.35. The molecule has 132 valence electrons. The van der Waals surface area contributed by atoms with Crippen LogP contribution in [0.4, 0.5) is 0 Å². The van der Waals surface area contributed by atoms with Crippen LogP contribution in [0.1, 0.15) is 48.9 Å². The smallest absolute Gasteiger partial charge is 0.244 e. The molecular weight excluding hydrogens is 314 g/mol. The summed E-state index contributed by atoms with van der Waals surface area (Å²) in [5, 5.41) is 12.1. The van der Waals surface area contributed by atoms with E-state index in [0.29, 0.717) is 6.54 Å². The van der Waals surface area contributed by atoms with Crippen molar-refractivity contribution in [1.82, 2.24) is 25.0 Å². The van der Waals surface area contributed by atoms with Crippen LogP contribution in [0, 0.1) is 0 Å². The Kier molecular flexibility index (Phi) is 4.78. The van der Waals surface area contributed by atoms with Crippen LogP contribution in [0.15, 0.2) is 30.3 Å². The Morgan fingerprint density at radius 1 is 1.04 bits per heavy atom. The van der Waals surface area contributed by atoms with E-state index in [0.717, 1.165) is 56.1 Å². The lowest BCUT2D eigenvalue weighted by molar-refractivity contribution is -0.132. The Morgan fingerprint density at radius 2 is 1.80 bits per heavy atom. The topological polar surface area (TPSA) is 63.1 Å². The van der Waals surface area contributed by atoms with Crippen LogP contribution in [-0.4, -0.2) is 38.7 Å². The first-order chi connectivity index (χ1) is 12.3. The molecule has 6 nitrogen and oxygen atoms in total. The fraction of sp³-hybridized carbons (Fsp3) is 0.526.